The molecule has 1 aliphatic rings. The molecule has 13 heteroatoms. The van der Waals surface area contributed by atoms with Gasteiger partial charge in [0.2, 0.25) is 22.1 Å². The quantitative estimate of drug-likeness (QED) is 0.160. The zero-order chi connectivity index (χ0) is 28.4. The number of aryl methyl sites for hydroxylation is 2. The van der Waals surface area contributed by atoms with Gasteiger partial charge in [-0.2, -0.15) is 11.8 Å². The third-order valence-corrected chi connectivity index (χ3v) is 8.68. The Bertz CT molecular complexity index is 1560. The molecule has 1 aliphatic heterocycles. The van der Waals surface area contributed by atoms with Gasteiger partial charge in [-0.05, 0) is 39.8 Å². The zero-order valence-corrected chi connectivity index (χ0v) is 24.8. The van der Waals surface area contributed by atoms with E-state index in [1.165, 1.54) is 22.7 Å². The fourth-order valence-corrected chi connectivity index (χ4v) is 6.61. The van der Waals surface area contributed by atoms with Gasteiger partial charge < -0.3 is 10.6 Å². The van der Waals surface area contributed by atoms with Crippen molar-refractivity contribution < 1.29 is 9.59 Å². The maximum absolute atomic E-state index is 12.5. The van der Waals surface area contributed by atoms with Crippen LogP contribution >= 0.6 is 34.4 Å². The number of benzene rings is 2. The molecule has 0 radical (unpaired) electrons. The molecule has 2 amide bonds. The summed E-state index contributed by atoms with van der Waals surface area (Å²) >= 11 is 4.59. The first-order valence-electron chi connectivity index (χ1n) is 13.0. The Balaban J connectivity index is 0.977. The summed E-state index contributed by atoms with van der Waals surface area (Å²) in [4.78, 5) is 33.1. The largest absolute Gasteiger partial charge is 0.300 e. The minimum atomic E-state index is -0.127. The first-order valence-corrected chi connectivity index (χ1v) is 15.8. The number of aliphatic imine (C=N–C) groups is 2. The van der Waals surface area contributed by atoms with E-state index in [9.17, 15) is 9.59 Å². The van der Waals surface area contributed by atoms with Crippen molar-refractivity contribution in [2.45, 2.75) is 31.7 Å². The number of aromatic nitrogens is 4. The van der Waals surface area contributed by atoms with E-state index in [4.69, 9.17) is 0 Å². The van der Waals surface area contributed by atoms with Gasteiger partial charge in [0.1, 0.15) is 16.1 Å². The minimum absolute atomic E-state index is 0.111. The molecule has 4 aromatic rings. The molecule has 0 fully saturated rings. The molecule has 5 rings (SSSR count). The van der Waals surface area contributed by atoms with Gasteiger partial charge in [-0.3, -0.25) is 19.6 Å². The van der Waals surface area contributed by atoms with Crippen LogP contribution in [0.1, 0.15) is 38.3 Å². The Morgan fingerprint density at radius 2 is 1.46 bits per heavy atom. The monoisotopic (exact) mass is 604 g/mol. The molecule has 41 heavy (non-hydrogen) atoms. The number of hydrogen-bond donors (Lipinski definition) is 2. The van der Waals surface area contributed by atoms with Crippen LogP contribution in [0.2, 0.25) is 0 Å². The standard InChI is InChI=1S/C28H28N8O2S3/c1-29-16-20-6-2-4-18(12-20)14-23(37)31-27-35-33-25(40-27)8-10-39-11-9-26-34-36-28(41-26)32-24(38)15-19-5-3-7-21(13-19)22-17-30-22/h2-7,12-13,16-17,22H,8-11,14-15H2,1H3,(H,31,35,37)(H,32,36,38)/b29-16+. The Labute approximate surface area is 249 Å². The summed E-state index contributed by atoms with van der Waals surface area (Å²) in [5.74, 6) is 1.52. The highest BCUT2D eigenvalue weighted by molar-refractivity contribution is 7.99. The number of hydrogen-bond acceptors (Lipinski definition) is 11. The van der Waals surface area contributed by atoms with Gasteiger partial charge in [-0.25, -0.2) is 0 Å². The van der Waals surface area contributed by atoms with E-state index in [0.29, 0.717) is 10.3 Å². The van der Waals surface area contributed by atoms with Crippen molar-refractivity contribution in [3.8, 4) is 0 Å². The summed E-state index contributed by atoms with van der Waals surface area (Å²) in [5.41, 5.74) is 3.94. The summed E-state index contributed by atoms with van der Waals surface area (Å²) in [7, 11) is 1.72. The Hall–Kier alpha value is -3.81. The molecule has 3 heterocycles. The van der Waals surface area contributed by atoms with Crippen LogP contribution in [0, 0.1) is 0 Å². The molecule has 2 aromatic carbocycles. The lowest BCUT2D eigenvalue weighted by Gasteiger charge is -2.04. The maximum atomic E-state index is 12.5. The van der Waals surface area contributed by atoms with Crippen molar-refractivity contribution in [2.24, 2.45) is 9.98 Å². The molecular weight excluding hydrogens is 577 g/mol. The maximum Gasteiger partial charge on any atom is 0.230 e. The first-order chi connectivity index (χ1) is 20.0. The molecule has 0 bridgehead atoms. The van der Waals surface area contributed by atoms with Gasteiger partial charge >= 0.3 is 0 Å². The third kappa shape index (κ3) is 9.10. The van der Waals surface area contributed by atoms with Gasteiger partial charge in [0.25, 0.3) is 0 Å². The fraction of sp³-hybridized carbons (Fsp3) is 0.286. The van der Waals surface area contributed by atoms with E-state index < -0.39 is 0 Å². The van der Waals surface area contributed by atoms with Crippen molar-refractivity contribution in [1.29, 1.82) is 0 Å². The second kappa shape index (κ2) is 14.2. The second-order valence-corrected chi connectivity index (χ2v) is 12.5. The van der Waals surface area contributed by atoms with E-state index >= 15 is 0 Å². The van der Waals surface area contributed by atoms with Crippen LogP contribution in [0.4, 0.5) is 10.3 Å². The first kappa shape index (κ1) is 28.7. The van der Waals surface area contributed by atoms with Crippen molar-refractivity contribution in [3.63, 3.8) is 0 Å². The Morgan fingerprint density at radius 1 is 0.878 bits per heavy atom. The summed E-state index contributed by atoms with van der Waals surface area (Å²) in [6.07, 6.45) is 5.73. The van der Waals surface area contributed by atoms with Crippen molar-refractivity contribution in [3.05, 3.63) is 80.8 Å². The SMILES string of the molecule is C/N=C/c1cccc(CC(=O)Nc2nnc(CCSCCc3nnc(NC(=O)Cc4cccc(C5C=N5)c4)s3)s2)c1. The highest BCUT2D eigenvalue weighted by Crippen LogP contribution is 2.25. The zero-order valence-electron chi connectivity index (χ0n) is 22.3. The van der Waals surface area contributed by atoms with Gasteiger partial charge in [-0.1, -0.05) is 65.1 Å². The van der Waals surface area contributed by atoms with E-state index in [1.807, 2.05) is 54.7 Å². The number of amides is 2. The topological polar surface area (TPSA) is 134 Å². The van der Waals surface area contributed by atoms with Crippen molar-refractivity contribution in [2.75, 3.05) is 29.2 Å². The van der Waals surface area contributed by atoms with Gasteiger partial charge in [0.15, 0.2) is 0 Å². The van der Waals surface area contributed by atoms with Crippen LogP contribution < -0.4 is 10.6 Å². The molecule has 210 valence electrons. The number of rotatable bonds is 14. The molecule has 1 unspecified atom stereocenters. The molecule has 1 atom stereocenters. The number of nitrogens with one attached hydrogen (secondary N) is 2. The van der Waals surface area contributed by atoms with Gasteiger partial charge in [0.05, 0.1) is 12.8 Å². The lowest BCUT2D eigenvalue weighted by atomic mass is 10.1. The molecule has 0 spiro atoms. The molecule has 0 aliphatic carbocycles. The number of carbonyl (C=O) groups excluding carboxylic acids is 2. The predicted molar refractivity (Wildman–Crippen MR) is 167 cm³/mol. The normalized spacial score (nSPS) is 13.9. The van der Waals surface area contributed by atoms with Crippen molar-refractivity contribution in [1.82, 2.24) is 20.4 Å². The molecular formula is C28H28N8O2S3. The summed E-state index contributed by atoms with van der Waals surface area (Å²) < 4.78 is 0. The lowest BCUT2D eigenvalue weighted by molar-refractivity contribution is -0.116. The van der Waals surface area contributed by atoms with E-state index in [1.54, 1.807) is 25.0 Å². The van der Waals surface area contributed by atoms with Crippen LogP contribution in [-0.2, 0) is 35.3 Å². The highest BCUT2D eigenvalue weighted by atomic mass is 32.2. The summed E-state index contributed by atoms with van der Waals surface area (Å²) in [6.45, 7) is 0. The third-order valence-electron chi connectivity index (χ3n) is 5.90. The predicted octanol–water partition coefficient (Wildman–Crippen LogP) is 4.44. The number of carbonyl (C=O) groups is 2. The Kier molecular flexibility index (Phi) is 9.94. The lowest BCUT2D eigenvalue weighted by Crippen LogP contribution is -2.14. The second-order valence-electron chi connectivity index (χ2n) is 9.18. The molecule has 0 saturated carbocycles. The molecule has 2 N–H and O–H groups in total. The molecule has 2 aromatic heterocycles. The van der Waals surface area contributed by atoms with E-state index in [0.717, 1.165) is 56.6 Å². The number of anilines is 2. The smallest absolute Gasteiger partial charge is 0.230 e. The summed E-state index contributed by atoms with van der Waals surface area (Å²) in [5, 5.41) is 25.1. The molecule has 0 saturated heterocycles. The average Bonchev–Trinajstić information content (AvgIpc) is 3.57. The van der Waals surface area contributed by atoms with Crippen molar-refractivity contribution >= 4 is 68.9 Å². The minimum Gasteiger partial charge on any atom is -0.300 e. The van der Waals surface area contributed by atoms with Crippen LogP contribution in [0.15, 0.2) is 58.5 Å². The summed E-state index contributed by atoms with van der Waals surface area (Å²) in [6, 6.07) is 15.8. The Morgan fingerprint density at radius 3 is 2.05 bits per heavy atom. The molecule has 10 nitrogen and oxygen atoms in total. The van der Waals surface area contributed by atoms with Crippen LogP contribution in [0.25, 0.3) is 0 Å². The fourth-order valence-electron chi connectivity index (χ4n) is 3.96. The highest BCUT2D eigenvalue weighted by Gasteiger charge is 2.17. The van der Waals surface area contributed by atoms with Gasteiger partial charge in [0, 0.05) is 32.3 Å². The van der Waals surface area contributed by atoms with E-state index in [-0.39, 0.29) is 30.7 Å². The average molecular weight is 605 g/mol. The number of nitrogens with zero attached hydrogens (tertiary/aromatic N) is 6. The van der Waals surface area contributed by atoms with Crippen LogP contribution in [0.5, 0.6) is 0 Å². The van der Waals surface area contributed by atoms with Crippen LogP contribution in [-0.4, -0.2) is 63.2 Å². The van der Waals surface area contributed by atoms with Crippen LogP contribution in [0.3, 0.4) is 0 Å². The number of thioether (sulfide) groups is 1. The van der Waals surface area contributed by atoms with Gasteiger partial charge in [-0.15, -0.1) is 20.4 Å². The van der Waals surface area contributed by atoms with E-state index in [2.05, 4.69) is 41.0 Å².